The molecular formula is C28H45N3O8. The lowest BCUT2D eigenvalue weighted by Crippen LogP contribution is -2.47. The molecule has 0 aliphatic carbocycles. The number of ether oxygens (including phenoxy) is 3. The second-order valence-corrected chi connectivity index (χ2v) is 11.2. The zero-order valence-corrected chi connectivity index (χ0v) is 24.3. The first kappa shape index (κ1) is 33.7. The van der Waals surface area contributed by atoms with E-state index in [-0.39, 0.29) is 42.1 Å². The highest BCUT2D eigenvalue weighted by Crippen LogP contribution is 2.26. The van der Waals surface area contributed by atoms with Gasteiger partial charge < -0.3 is 24.4 Å². The van der Waals surface area contributed by atoms with Crippen molar-refractivity contribution < 1.29 is 38.8 Å². The number of carbonyl (C=O) groups excluding carboxylic acids is 2. The molecule has 1 rings (SSSR count). The van der Waals surface area contributed by atoms with E-state index in [1.807, 2.05) is 0 Å². The summed E-state index contributed by atoms with van der Waals surface area (Å²) < 4.78 is 16.3. The maximum Gasteiger partial charge on any atom is 0.414 e. The minimum atomic E-state index is -1.18. The van der Waals surface area contributed by atoms with Gasteiger partial charge in [0, 0.05) is 12.7 Å². The van der Waals surface area contributed by atoms with Crippen LogP contribution in [-0.4, -0.2) is 58.7 Å². The van der Waals surface area contributed by atoms with Gasteiger partial charge in [-0.3, -0.25) is 10.6 Å². The summed E-state index contributed by atoms with van der Waals surface area (Å²) in [4.78, 5) is 40.7. The molecule has 4 N–H and O–H groups in total. The van der Waals surface area contributed by atoms with Crippen LogP contribution in [0.25, 0.3) is 0 Å². The number of guanidine groups is 1. The number of hydrogen-bond donors (Lipinski definition) is 4. The standard InChI is InChI=1S/C28H45N3O8/c1-8-9-10-11-12-19(18-32)15-16-37-22-17-20(13-14-21(22)23(33)34)29-24(30-25(35)38-27(2,3)4)31-26(36)39-28(5,6)7/h13-14,17,19,32H,8-12,15-16,18H2,1-7H3,(H,33,34)(H2,29,30,31,35,36). The van der Waals surface area contributed by atoms with Crippen LogP contribution in [0, 0.1) is 5.92 Å². The molecule has 0 aliphatic heterocycles. The lowest BCUT2D eigenvalue weighted by molar-refractivity contribution is 0.0543. The number of nitrogens with one attached hydrogen (secondary N) is 2. The third-order valence-corrected chi connectivity index (χ3v) is 5.18. The lowest BCUT2D eigenvalue weighted by Gasteiger charge is -2.22. The fraction of sp³-hybridized carbons (Fsp3) is 0.643. The number of aliphatic hydroxyl groups is 1. The quantitative estimate of drug-likeness (QED) is 0.145. The summed E-state index contributed by atoms with van der Waals surface area (Å²) in [7, 11) is 0. The van der Waals surface area contributed by atoms with E-state index in [0.717, 1.165) is 32.1 Å². The van der Waals surface area contributed by atoms with Crippen LogP contribution in [0.2, 0.25) is 0 Å². The number of benzene rings is 1. The molecule has 0 saturated heterocycles. The molecule has 0 fully saturated rings. The van der Waals surface area contributed by atoms with Gasteiger partial charge in [0.25, 0.3) is 0 Å². The minimum absolute atomic E-state index is 0.0294. The monoisotopic (exact) mass is 551 g/mol. The number of unbranched alkanes of at least 4 members (excludes halogenated alkanes) is 3. The van der Waals surface area contributed by atoms with Crippen molar-refractivity contribution >= 4 is 29.8 Å². The van der Waals surface area contributed by atoms with Gasteiger partial charge in [-0.2, -0.15) is 0 Å². The highest BCUT2D eigenvalue weighted by molar-refractivity contribution is 6.02. The number of carboxylic acids is 1. The molecule has 0 saturated carbocycles. The normalized spacial score (nSPS) is 12.2. The van der Waals surface area contributed by atoms with E-state index in [1.54, 1.807) is 41.5 Å². The Balaban J connectivity index is 3.13. The lowest BCUT2D eigenvalue weighted by atomic mass is 9.99. The van der Waals surface area contributed by atoms with E-state index >= 15 is 0 Å². The van der Waals surface area contributed by atoms with Gasteiger partial charge in [-0.1, -0.05) is 32.6 Å². The second-order valence-electron chi connectivity index (χ2n) is 11.2. The molecular weight excluding hydrogens is 506 g/mol. The first-order valence-corrected chi connectivity index (χ1v) is 13.3. The molecule has 1 aromatic rings. The Labute approximate surface area is 231 Å². The summed E-state index contributed by atoms with van der Waals surface area (Å²) >= 11 is 0. The van der Waals surface area contributed by atoms with Gasteiger partial charge in [-0.25, -0.2) is 19.4 Å². The van der Waals surface area contributed by atoms with Crippen LogP contribution in [-0.2, 0) is 9.47 Å². The number of aliphatic imine (C=N–C) groups is 1. The number of rotatable bonds is 12. The summed E-state index contributed by atoms with van der Waals surface area (Å²) in [5, 5.41) is 24.1. The number of aliphatic hydroxyl groups excluding tert-OH is 1. The fourth-order valence-electron chi connectivity index (χ4n) is 3.42. The Morgan fingerprint density at radius 3 is 2.00 bits per heavy atom. The number of nitrogens with zero attached hydrogens (tertiary/aromatic N) is 1. The first-order valence-electron chi connectivity index (χ1n) is 13.3. The van der Waals surface area contributed by atoms with E-state index in [9.17, 15) is 24.6 Å². The third kappa shape index (κ3) is 15.0. The molecule has 1 atom stereocenters. The van der Waals surface area contributed by atoms with E-state index in [0.29, 0.717) is 6.42 Å². The third-order valence-electron chi connectivity index (χ3n) is 5.18. The topological polar surface area (TPSA) is 156 Å². The molecule has 39 heavy (non-hydrogen) atoms. The van der Waals surface area contributed by atoms with Gasteiger partial charge in [0.05, 0.1) is 12.3 Å². The van der Waals surface area contributed by atoms with Crippen molar-refractivity contribution in [3.05, 3.63) is 23.8 Å². The minimum Gasteiger partial charge on any atom is -0.493 e. The maximum atomic E-state index is 12.4. The number of hydrogen-bond acceptors (Lipinski definition) is 8. The number of carbonyl (C=O) groups is 3. The van der Waals surface area contributed by atoms with Crippen LogP contribution < -0.4 is 15.4 Å². The molecule has 1 unspecified atom stereocenters. The Bertz CT molecular complexity index is 948. The van der Waals surface area contributed by atoms with Crippen molar-refractivity contribution in [2.75, 3.05) is 13.2 Å². The summed E-state index contributed by atoms with van der Waals surface area (Å²) in [6.45, 7) is 12.5. The number of carboxylic acid groups (broad SMARTS) is 1. The summed E-state index contributed by atoms with van der Waals surface area (Å²) in [6, 6.07) is 4.13. The fourth-order valence-corrected chi connectivity index (χ4v) is 3.42. The van der Waals surface area contributed by atoms with Crippen molar-refractivity contribution in [3.8, 4) is 5.75 Å². The zero-order valence-electron chi connectivity index (χ0n) is 24.3. The van der Waals surface area contributed by atoms with Crippen LogP contribution in [0.3, 0.4) is 0 Å². The molecule has 0 aliphatic rings. The van der Waals surface area contributed by atoms with Crippen molar-refractivity contribution in [2.45, 2.75) is 98.2 Å². The second kappa shape index (κ2) is 15.9. The van der Waals surface area contributed by atoms with Crippen LogP contribution in [0.4, 0.5) is 15.3 Å². The molecule has 2 amide bonds. The molecule has 0 spiro atoms. The average molecular weight is 552 g/mol. The summed E-state index contributed by atoms with van der Waals surface area (Å²) in [6.07, 6.45) is 4.11. The highest BCUT2D eigenvalue weighted by Gasteiger charge is 2.22. The van der Waals surface area contributed by atoms with Gasteiger partial charge in [-0.05, 0) is 72.4 Å². The molecule has 0 aromatic heterocycles. The highest BCUT2D eigenvalue weighted by atomic mass is 16.6. The molecule has 0 bridgehead atoms. The predicted molar refractivity (Wildman–Crippen MR) is 149 cm³/mol. The van der Waals surface area contributed by atoms with Crippen LogP contribution in [0.5, 0.6) is 5.75 Å². The van der Waals surface area contributed by atoms with Gasteiger partial charge in [0.1, 0.15) is 22.5 Å². The maximum absolute atomic E-state index is 12.4. The first-order chi connectivity index (χ1) is 18.1. The Hall–Kier alpha value is -3.34. The summed E-state index contributed by atoms with van der Waals surface area (Å²) in [5.41, 5.74) is -1.46. The predicted octanol–water partition coefficient (Wildman–Crippen LogP) is 5.77. The number of amides is 2. The molecule has 1 aromatic carbocycles. The average Bonchev–Trinajstić information content (AvgIpc) is 2.77. The van der Waals surface area contributed by atoms with Crippen LogP contribution >= 0.6 is 0 Å². The van der Waals surface area contributed by atoms with Gasteiger partial charge in [0.2, 0.25) is 5.96 Å². The van der Waals surface area contributed by atoms with E-state index in [1.165, 1.54) is 18.2 Å². The van der Waals surface area contributed by atoms with Crippen LogP contribution in [0.15, 0.2) is 23.2 Å². The van der Waals surface area contributed by atoms with Gasteiger partial charge in [-0.15, -0.1) is 0 Å². The van der Waals surface area contributed by atoms with E-state index in [2.05, 4.69) is 22.5 Å². The molecule has 0 radical (unpaired) electrons. The smallest absolute Gasteiger partial charge is 0.414 e. The van der Waals surface area contributed by atoms with E-state index < -0.39 is 29.4 Å². The van der Waals surface area contributed by atoms with Crippen molar-refractivity contribution in [1.29, 1.82) is 0 Å². The van der Waals surface area contributed by atoms with Crippen molar-refractivity contribution in [3.63, 3.8) is 0 Å². The van der Waals surface area contributed by atoms with Crippen molar-refractivity contribution in [1.82, 2.24) is 10.6 Å². The van der Waals surface area contributed by atoms with Gasteiger partial charge in [0.15, 0.2) is 0 Å². The van der Waals surface area contributed by atoms with Crippen LogP contribution in [0.1, 0.15) is 97.3 Å². The molecule has 11 nitrogen and oxygen atoms in total. The SMILES string of the molecule is CCCCCCC(CO)CCOc1cc(N=C(NC(=O)OC(C)(C)C)NC(=O)OC(C)(C)C)ccc1C(=O)O. The largest absolute Gasteiger partial charge is 0.493 e. The molecule has 11 heteroatoms. The van der Waals surface area contributed by atoms with Crippen molar-refractivity contribution in [2.24, 2.45) is 10.9 Å². The van der Waals surface area contributed by atoms with Gasteiger partial charge >= 0.3 is 18.2 Å². The van der Waals surface area contributed by atoms with E-state index in [4.69, 9.17) is 14.2 Å². The Morgan fingerprint density at radius 1 is 0.923 bits per heavy atom. The summed E-state index contributed by atoms with van der Waals surface area (Å²) in [5.74, 6) is -1.34. The Kier molecular flexibility index (Phi) is 13.8. The molecule has 220 valence electrons. The number of aromatic carboxylic acids is 1. The number of alkyl carbamates (subject to hydrolysis) is 2. The Morgan fingerprint density at radius 2 is 1.51 bits per heavy atom. The molecule has 0 heterocycles. The zero-order chi connectivity index (χ0) is 29.6.